The third kappa shape index (κ3) is 2.24. The van der Waals surface area contributed by atoms with Crippen LogP contribution in [0.1, 0.15) is 6.92 Å². The van der Waals surface area contributed by atoms with Crippen molar-refractivity contribution in [1.82, 2.24) is 14.2 Å². The van der Waals surface area contributed by atoms with E-state index >= 15 is 0 Å². The number of aromatic nitrogens is 1. The summed E-state index contributed by atoms with van der Waals surface area (Å²) in [5.74, 6) is 0. The lowest BCUT2D eigenvalue weighted by molar-refractivity contribution is 0.196. The Morgan fingerprint density at radius 2 is 1.85 bits per heavy atom. The van der Waals surface area contributed by atoms with Crippen LogP contribution in [0, 0.1) is 0 Å². The highest BCUT2D eigenvalue weighted by Gasteiger charge is 2.29. The Balaban J connectivity index is 1.92. The Morgan fingerprint density at radius 3 is 2.55 bits per heavy atom. The zero-order valence-electron chi connectivity index (χ0n) is 11.5. The van der Waals surface area contributed by atoms with Gasteiger partial charge in [-0.05, 0) is 12.6 Å². The van der Waals surface area contributed by atoms with E-state index in [9.17, 15) is 8.42 Å². The Labute approximate surface area is 119 Å². The fourth-order valence-corrected chi connectivity index (χ4v) is 4.27. The number of fused-ring (bicyclic) bond motifs is 1. The number of nitrogens with zero attached hydrogens (tertiary/aromatic N) is 2. The molecule has 1 N–H and O–H groups in total. The first-order valence-electron chi connectivity index (χ1n) is 6.91. The van der Waals surface area contributed by atoms with Gasteiger partial charge in [0.25, 0.3) is 0 Å². The van der Waals surface area contributed by atoms with E-state index in [1.807, 2.05) is 24.3 Å². The van der Waals surface area contributed by atoms with Crippen LogP contribution in [0.5, 0.6) is 0 Å². The monoisotopic (exact) mass is 293 g/mol. The number of piperazine rings is 1. The largest absolute Gasteiger partial charge is 0.360 e. The summed E-state index contributed by atoms with van der Waals surface area (Å²) in [6, 6.07) is 7.50. The predicted molar refractivity (Wildman–Crippen MR) is 79.2 cm³/mol. The van der Waals surface area contributed by atoms with Crippen molar-refractivity contribution in [3.8, 4) is 0 Å². The molecule has 0 atom stereocenters. The van der Waals surface area contributed by atoms with Crippen molar-refractivity contribution in [2.75, 3.05) is 32.7 Å². The van der Waals surface area contributed by atoms with Gasteiger partial charge in [0, 0.05) is 43.3 Å². The predicted octanol–water partition coefficient (Wildman–Crippen LogP) is 1.49. The third-order valence-corrected chi connectivity index (χ3v) is 5.89. The molecule has 0 radical (unpaired) electrons. The van der Waals surface area contributed by atoms with Gasteiger partial charge in [-0.25, -0.2) is 8.42 Å². The highest BCUT2D eigenvalue weighted by Crippen LogP contribution is 2.25. The lowest BCUT2D eigenvalue weighted by atomic mass is 10.2. The van der Waals surface area contributed by atoms with Crippen LogP contribution in [0.2, 0.25) is 0 Å². The SMILES string of the molecule is CCN1CCN(S(=O)(=O)c2c[nH]c3ccccc23)CC1. The zero-order chi connectivity index (χ0) is 14.2. The highest BCUT2D eigenvalue weighted by atomic mass is 32.2. The van der Waals surface area contributed by atoms with Crippen molar-refractivity contribution in [2.45, 2.75) is 11.8 Å². The molecule has 0 amide bonds. The number of nitrogens with one attached hydrogen (secondary N) is 1. The smallest absolute Gasteiger partial charge is 0.245 e. The van der Waals surface area contributed by atoms with Crippen LogP contribution in [0.15, 0.2) is 35.4 Å². The molecule has 2 heterocycles. The fraction of sp³-hybridized carbons (Fsp3) is 0.429. The molecule has 6 heteroatoms. The molecule has 0 unspecified atom stereocenters. The van der Waals surface area contributed by atoms with Crippen LogP contribution in [-0.2, 0) is 10.0 Å². The van der Waals surface area contributed by atoms with Gasteiger partial charge >= 0.3 is 0 Å². The van der Waals surface area contributed by atoms with Gasteiger partial charge in [-0.1, -0.05) is 25.1 Å². The molecule has 1 saturated heterocycles. The summed E-state index contributed by atoms with van der Waals surface area (Å²) in [4.78, 5) is 5.69. The summed E-state index contributed by atoms with van der Waals surface area (Å²) >= 11 is 0. The molecule has 1 aromatic heterocycles. The molecule has 2 aromatic rings. The summed E-state index contributed by atoms with van der Waals surface area (Å²) in [6.45, 7) is 5.81. The van der Waals surface area contributed by atoms with E-state index in [-0.39, 0.29) is 0 Å². The minimum atomic E-state index is -3.40. The summed E-state index contributed by atoms with van der Waals surface area (Å²) < 4.78 is 27.1. The molecule has 1 aliphatic heterocycles. The van der Waals surface area contributed by atoms with E-state index in [1.165, 1.54) is 0 Å². The summed E-state index contributed by atoms with van der Waals surface area (Å²) in [5, 5.41) is 0.769. The van der Waals surface area contributed by atoms with Crippen molar-refractivity contribution in [2.24, 2.45) is 0 Å². The fourth-order valence-electron chi connectivity index (χ4n) is 2.68. The number of likely N-dealkylation sites (N-methyl/N-ethyl adjacent to an activating group) is 1. The maximum absolute atomic E-state index is 12.7. The average Bonchev–Trinajstić information content (AvgIpc) is 2.92. The summed E-state index contributed by atoms with van der Waals surface area (Å²) in [7, 11) is -3.40. The van der Waals surface area contributed by atoms with E-state index in [2.05, 4.69) is 16.8 Å². The molecule has 0 spiro atoms. The molecular weight excluding hydrogens is 274 g/mol. The molecule has 1 aromatic carbocycles. The second-order valence-electron chi connectivity index (χ2n) is 5.04. The van der Waals surface area contributed by atoms with Gasteiger partial charge in [-0.2, -0.15) is 4.31 Å². The second kappa shape index (κ2) is 5.20. The second-order valence-corrected chi connectivity index (χ2v) is 6.94. The van der Waals surface area contributed by atoms with Crippen LogP contribution in [0.25, 0.3) is 10.9 Å². The van der Waals surface area contributed by atoms with E-state index < -0.39 is 10.0 Å². The number of hydrogen-bond acceptors (Lipinski definition) is 3. The first-order valence-corrected chi connectivity index (χ1v) is 8.35. The van der Waals surface area contributed by atoms with Crippen LogP contribution >= 0.6 is 0 Å². The minimum Gasteiger partial charge on any atom is -0.360 e. The van der Waals surface area contributed by atoms with E-state index in [0.29, 0.717) is 18.0 Å². The Kier molecular flexibility index (Phi) is 3.54. The van der Waals surface area contributed by atoms with E-state index in [0.717, 1.165) is 30.5 Å². The van der Waals surface area contributed by atoms with Gasteiger partial charge in [0.2, 0.25) is 10.0 Å². The Morgan fingerprint density at radius 1 is 1.15 bits per heavy atom. The standard InChI is InChI=1S/C14H19N3O2S/c1-2-16-7-9-17(10-8-16)20(18,19)14-11-15-13-6-4-3-5-12(13)14/h3-6,11,15H,2,7-10H2,1H3. The van der Waals surface area contributed by atoms with Crippen LogP contribution in [-0.4, -0.2) is 55.3 Å². The highest BCUT2D eigenvalue weighted by molar-refractivity contribution is 7.89. The van der Waals surface area contributed by atoms with Crippen molar-refractivity contribution in [3.05, 3.63) is 30.5 Å². The molecule has 0 saturated carbocycles. The molecule has 0 aliphatic carbocycles. The average molecular weight is 293 g/mol. The van der Waals surface area contributed by atoms with Gasteiger partial charge in [-0.3, -0.25) is 0 Å². The lowest BCUT2D eigenvalue weighted by Gasteiger charge is -2.33. The van der Waals surface area contributed by atoms with Crippen molar-refractivity contribution < 1.29 is 8.42 Å². The molecule has 1 aliphatic rings. The number of aromatic amines is 1. The number of rotatable bonds is 3. The van der Waals surface area contributed by atoms with Gasteiger partial charge in [0.15, 0.2) is 0 Å². The van der Waals surface area contributed by atoms with Crippen LogP contribution in [0.3, 0.4) is 0 Å². The van der Waals surface area contributed by atoms with E-state index in [4.69, 9.17) is 0 Å². The van der Waals surface area contributed by atoms with Crippen molar-refractivity contribution >= 4 is 20.9 Å². The third-order valence-electron chi connectivity index (χ3n) is 3.95. The molecule has 5 nitrogen and oxygen atoms in total. The maximum Gasteiger partial charge on any atom is 0.245 e. The molecule has 108 valence electrons. The normalized spacial score (nSPS) is 18.6. The van der Waals surface area contributed by atoms with Crippen molar-refractivity contribution in [1.29, 1.82) is 0 Å². The number of sulfonamides is 1. The molecule has 0 bridgehead atoms. The first-order chi connectivity index (χ1) is 9.63. The van der Waals surface area contributed by atoms with Gasteiger partial charge in [0.05, 0.1) is 0 Å². The number of hydrogen-bond donors (Lipinski definition) is 1. The maximum atomic E-state index is 12.7. The van der Waals surface area contributed by atoms with Gasteiger partial charge in [-0.15, -0.1) is 0 Å². The van der Waals surface area contributed by atoms with Gasteiger partial charge < -0.3 is 9.88 Å². The quantitative estimate of drug-likeness (QED) is 0.933. The summed E-state index contributed by atoms with van der Waals surface area (Å²) in [5.41, 5.74) is 0.860. The Hall–Kier alpha value is -1.37. The van der Waals surface area contributed by atoms with Crippen LogP contribution < -0.4 is 0 Å². The summed E-state index contributed by atoms with van der Waals surface area (Å²) in [6.07, 6.45) is 1.60. The zero-order valence-corrected chi connectivity index (χ0v) is 12.4. The lowest BCUT2D eigenvalue weighted by Crippen LogP contribution is -2.48. The van der Waals surface area contributed by atoms with Crippen LogP contribution in [0.4, 0.5) is 0 Å². The molecular formula is C14H19N3O2S. The van der Waals surface area contributed by atoms with Crippen molar-refractivity contribution in [3.63, 3.8) is 0 Å². The number of benzene rings is 1. The Bertz CT molecular complexity index is 700. The van der Waals surface area contributed by atoms with Gasteiger partial charge in [0.1, 0.15) is 4.90 Å². The number of H-pyrrole nitrogens is 1. The molecule has 3 rings (SSSR count). The topological polar surface area (TPSA) is 56.4 Å². The number of para-hydroxylation sites is 1. The minimum absolute atomic E-state index is 0.387. The van der Waals surface area contributed by atoms with E-state index in [1.54, 1.807) is 10.5 Å². The molecule has 20 heavy (non-hydrogen) atoms. The first kappa shape index (κ1) is 13.6. The molecule has 1 fully saturated rings.